The maximum Gasteiger partial charge on any atom is 0.309 e. The van der Waals surface area contributed by atoms with Crippen molar-refractivity contribution in [3.63, 3.8) is 0 Å². The molecule has 0 N–H and O–H groups in total. The number of hydrogen-bond acceptors (Lipinski definition) is 5. The van der Waals surface area contributed by atoms with Gasteiger partial charge in [0.1, 0.15) is 0 Å². The van der Waals surface area contributed by atoms with E-state index in [2.05, 4.69) is 0 Å². The summed E-state index contributed by atoms with van der Waals surface area (Å²) in [6.45, 7) is 7.61. The van der Waals surface area contributed by atoms with Crippen molar-refractivity contribution in [2.45, 2.75) is 40.3 Å². The monoisotopic (exact) mass is 405 g/mol. The third-order valence-electron chi connectivity index (χ3n) is 4.41. The van der Waals surface area contributed by atoms with E-state index >= 15 is 0 Å². The molecule has 2 rings (SSSR count). The summed E-state index contributed by atoms with van der Waals surface area (Å²) in [6, 6.07) is 12.5. The van der Waals surface area contributed by atoms with E-state index in [0.29, 0.717) is 17.9 Å². The summed E-state index contributed by atoms with van der Waals surface area (Å²) in [7, 11) is -2.25. The zero-order valence-electron chi connectivity index (χ0n) is 16.9. The van der Waals surface area contributed by atoms with Crippen molar-refractivity contribution in [2.75, 3.05) is 12.9 Å². The molecular weight excluding hydrogens is 378 g/mol. The van der Waals surface area contributed by atoms with Gasteiger partial charge in [-0.05, 0) is 57.0 Å². The van der Waals surface area contributed by atoms with Crippen LogP contribution in [0.5, 0.6) is 11.5 Å². The molecule has 0 saturated heterocycles. The van der Waals surface area contributed by atoms with E-state index in [0.717, 1.165) is 11.1 Å². The van der Waals surface area contributed by atoms with Gasteiger partial charge in [0.15, 0.2) is 11.5 Å². The number of rotatable bonds is 8. The lowest BCUT2D eigenvalue weighted by Gasteiger charge is -2.28. The van der Waals surface area contributed by atoms with Crippen molar-refractivity contribution in [1.82, 2.24) is 4.90 Å². The Hall–Kier alpha value is -2.54. The standard InChI is InChI=1S/C21H27NO5S/c1-6-28(24,25)27-20-13-17(11-12-19(20)26-5)14-22(15(2)3)21(23)18-10-8-7-9-16(18)4/h7-13,15H,6,14H2,1-5H3. The van der Waals surface area contributed by atoms with E-state index < -0.39 is 10.1 Å². The SMILES string of the molecule is CCS(=O)(=O)Oc1cc(CN(C(=O)c2ccccc2C)C(C)C)ccc1OC. The molecule has 0 aliphatic rings. The summed E-state index contributed by atoms with van der Waals surface area (Å²) >= 11 is 0. The number of carbonyl (C=O) groups excluding carboxylic acids is 1. The van der Waals surface area contributed by atoms with E-state index in [9.17, 15) is 13.2 Å². The van der Waals surface area contributed by atoms with E-state index in [1.165, 1.54) is 14.0 Å². The zero-order valence-corrected chi connectivity index (χ0v) is 17.7. The lowest BCUT2D eigenvalue weighted by atomic mass is 10.1. The summed E-state index contributed by atoms with van der Waals surface area (Å²) in [5, 5.41) is 0. The molecule has 0 aliphatic heterocycles. The number of aryl methyl sites for hydroxylation is 1. The largest absolute Gasteiger partial charge is 0.493 e. The van der Waals surface area contributed by atoms with Crippen LogP contribution < -0.4 is 8.92 Å². The van der Waals surface area contributed by atoms with Gasteiger partial charge in [0.05, 0.1) is 12.9 Å². The molecule has 0 bridgehead atoms. The lowest BCUT2D eigenvalue weighted by molar-refractivity contribution is 0.0689. The highest BCUT2D eigenvalue weighted by Crippen LogP contribution is 2.30. The van der Waals surface area contributed by atoms with Crippen LogP contribution in [0.4, 0.5) is 0 Å². The minimum Gasteiger partial charge on any atom is -0.493 e. The number of methoxy groups -OCH3 is 1. The van der Waals surface area contributed by atoms with Crippen molar-refractivity contribution in [3.05, 3.63) is 59.2 Å². The Bertz CT molecular complexity index is 938. The molecule has 7 heteroatoms. The normalized spacial score (nSPS) is 11.4. The highest BCUT2D eigenvalue weighted by atomic mass is 32.2. The summed E-state index contributed by atoms with van der Waals surface area (Å²) < 4.78 is 34.1. The molecule has 28 heavy (non-hydrogen) atoms. The molecule has 6 nitrogen and oxygen atoms in total. The maximum atomic E-state index is 13.1. The van der Waals surface area contributed by atoms with Crippen LogP contribution in [0.3, 0.4) is 0 Å². The van der Waals surface area contributed by atoms with Crippen molar-refractivity contribution < 1.29 is 22.1 Å². The molecule has 1 amide bonds. The molecular formula is C21H27NO5S. The lowest BCUT2D eigenvalue weighted by Crippen LogP contribution is -2.36. The van der Waals surface area contributed by atoms with Gasteiger partial charge < -0.3 is 13.8 Å². The van der Waals surface area contributed by atoms with Gasteiger partial charge in [0.25, 0.3) is 5.91 Å². The van der Waals surface area contributed by atoms with Gasteiger partial charge >= 0.3 is 10.1 Å². The molecule has 2 aromatic rings. The highest BCUT2D eigenvalue weighted by molar-refractivity contribution is 7.87. The van der Waals surface area contributed by atoms with E-state index in [4.69, 9.17) is 8.92 Å². The minimum absolute atomic E-state index is 0.0436. The van der Waals surface area contributed by atoms with E-state index in [1.54, 1.807) is 23.1 Å². The molecule has 152 valence electrons. The Balaban J connectivity index is 2.35. The number of ether oxygens (including phenoxy) is 1. The van der Waals surface area contributed by atoms with Crippen molar-refractivity contribution >= 4 is 16.0 Å². The summed E-state index contributed by atoms with van der Waals surface area (Å²) in [6.07, 6.45) is 0. The van der Waals surface area contributed by atoms with Crippen LogP contribution in [0.2, 0.25) is 0 Å². The highest BCUT2D eigenvalue weighted by Gasteiger charge is 2.22. The van der Waals surface area contributed by atoms with Crippen molar-refractivity contribution in [2.24, 2.45) is 0 Å². The minimum atomic E-state index is -3.69. The number of benzene rings is 2. The average Bonchev–Trinajstić information content (AvgIpc) is 2.65. The Morgan fingerprint density at radius 3 is 2.36 bits per heavy atom. The fourth-order valence-electron chi connectivity index (χ4n) is 2.73. The van der Waals surface area contributed by atoms with Gasteiger partial charge in [0.2, 0.25) is 0 Å². The maximum absolute atomic E-state index is 13.1. The first-order valence-electron chi connectivity index (χ1n) is 9.14. The van der Waals surface area contributed by atoms with E-state index in [1.807, 2.05) is 45.0 Å². The predicted molar refractivity (Wildman–Crippen MR) is 109 cm³/mol. The number of hydrogen-bond donors (Lipinski definition) is 0. The van der Waals surface area contributed by atoms with Crippen LogP contribution in [-0.2, 0) is 16.7 Å². The first kappa shape index (κ1) is 21.8. The molecule has 0 aliphatic carbocycles. The Morgan fingerprint density at radius 2 is 1.79 bits per heavy atom. The Morgan fingerprint density at radius 1 is 1.11 bits per heavy atom. The summed E-state index contributed by atoms with van der Waals surface area (Å²) in [4.78, 5) is 14.8. The molecule has 2 aromatic carbocycles. The molecule has 0 aromatic heterocycles. The second kappa shape index (κ2) is 9.10. The van der Waals surface area contributed by atoms with Gasteiger partial charge in [-0.1, -0.05) is 24.3 Å². The molecule has 0 atom stereocenters. The van der Waals surface area contributed by atoms with Gasteiger partial charge in [-0.2, -0.15) is 8.42 Å². The summed E-state index contributed by atoms with van der Waals surface area (Å²) in [5.74, 6) is 0.216. The number of carbonyl (C=O) groups is 1. The number of amides is 1. The van der Waals surface area contributed by atoms with Crippen LogP contribution in [0.15, 0.2) is 42.5 Å². The van der Waals surface area contributed by atoms with Gasteiger partial charge in [-0.3, -0.25) is 4.79 Å². The average molecular weight is 406 g/mol. The molecule has 0 radical (unpaired) electrons. The van der Waals surface area contributed by atoms with Crippen molar-refractivity contribution in [1.29, 1.82) is 0 Å². The first-order chi connectivity index (χ1) is 13.2. The third-order valence-corrected chi connectivity index (χ3v) is 5.55. The van der Waals surface area contributed by atoms with E-state index in [-0.39, 0.29) is 23.5 Å². The Kier molecular flexibility index (Phi) is 7.07. The van der Waals surface area contributed by atoms with Crippen molar-refractivity contribution in [3.8, 4) is 11.5 Å². The van der Waals surface area contributed by atoms with Crippen LogP contribution in [-0.4, -0.2) is 38.1 Å². The predicted octanol–water partition coefficient (Wildman–Crippen LogP) is 3.78. The third kappa shape index (κ3) is 5.25. The quantitative estimate of drug-likeness (QED) is 0.625. The smallest absolute Gasteiger partial charge is 0.309 e. The second-order valence-electron chi connectivity index (χ2n) is 6.76. The Labute approximate surface area is 167 Å². The molecule has 0 saturated carbocycles. The molecule has 0 spiro atoms. The van der Waals surface area contributed by atoms with Gasteiger partial charge in [0, 0.05) is 18.2 Å². The van der Waals surface area contributed by atoms with Gasteiger partial charge in [-0.15, -0.1) is 0 Å². The fraction of sp³-hybridized carbons (Fsp3) is 0.381. The van der Waals surface area contributed by atoms with Crippen LogP contribution in [0.1, 0.15) is 42.3 Å². The first-order valence-corrected chi connectivity index (χ1v) is 10.7. The zero-order chi connectivity index (χ0) is 20.9. The topological polar surface area (TPSA) is 72.9 Å². The summed E-state index contributed by atoms with van der Waals surface area (Å²) in [5.41, 5.74) is 2.30. The number of nitrogens with zero attached hydrogens (tertiary/aromatic N) is 1. The van der Waals surface area contributed by atoms with Crippen LogP contribution in [0, 0.1) is 6.92 Å². The fourth-order valence-corrected chi connectivity index (χ4v) is 3.26. The second-order valence-corrected chi connectivity index (χ2v) is 8.62. The molecule has 0 unspecified atom stereocenters. The van der Waals surface area contributed by atoms with Crippen LogP contribution >= 0.6 is 0 Å². The molecule has 0 fully saturated rings. The molecule has 0 heterocycles. The van der Waals surface area contributed by atoms with Gasteiger partial charge in [-0.25, -0.2) is 0 Å². The van der Waals surface area contributed by atoms with Crippen LogP contribution in [0.25, 0.3) is 0 Å².